The minimum absolute atomic E-state index is 0.168. The Hall–Kier alpha value is -1.39. The Bertz CT molecular complexity index is 605. The Morgan fingerprint density at radius 1 is 1.12 bits per heavy atom. The monoisotopic (exact) mass is 357 g/mol. The molecular weight excluding hydrogens is 322 g/mol. The Morgan fingerprint density at radius 3 is 2.46 bits per heavy atom. The predicted molar refractivity (Wildman–Crippen MR) is 107 cm³/mol. The van der Waals surface area contributed by atoms with E-state index in [0.29, 0.717) is 18.5 Å². The lowest BCUT2D eigenvalue weighted by atomic mass is 9.86. The van der Waals surface area contributed by atoms with Gasteiger partial charge in [0.1, 0.15) is 0 Å². The molecule has 2 saturated heterocycles. The fourth-order valence-corrected chi connectivity index (χ4v) is 4.33. The zero-order valence-electron chi connectivity index (χ0n) is 16.9. The third-order valence-corrected chi connectivity index (χ3v) is 6.01. The highest BCUT2D eigenvalue weighted by atomic mass is 16.2. The number of amides is 1. The van der Waals surface area contributed by atoms with Crippen molar-refractivity contribution in [1.82, 2.24) is 15.1 Å². The van der Waals surface area contributed by atoms with E-state index < -0.39 is 0 Å². The average molecular weight is 358 g/mol. The van der Waals surface area contributed by atoms with Gasteiger partial charge in [0, 0.05) is 19.1 Å². The van der Waals surface area contributed by atoms with Crippen LogP contribution in [0.3, 0.4) is 0 Å². The molecule has 2 fully saturated rings. The van der Waals surface area contributed by atoms with Crippen molar-refractivity contribution in [2.75, 3.05) is 33.2 Å². The number of carbonyl (C=O) groups excluding carboxylic acids is 1. The van der Waals surface area contributed by atoms with Crippen LogP contribution in [-0.2, 0) is 10.2 Å². The fraction of sp³-hybridized carbons (Fsp3) is 0.682. The molecule has 0 spiro atoms. The normalized spacial score (nSPS) is 24.8. The number of piperidine rings is 1. The van der Waals surface area contributed by atoms with Crippen LogP contribution in [0.5, 0.6) is 0 Å². The molecule has 1 amide bonds. The Labute approximate surface area is 158 Å². The summed E-state index contributed by atoms with van der Waals surface area (Å²) in [5.74, 6) is 0.296. The van der Waals surface area contributed by atoms with E-state index in [2.05, 4.69) is 60.2 Å². The van der Waals surface area contributed by atoms with Crippen LogP contribution in [0.15, 0.2) is 24.3 Å². The van der Waals surface area contributed by atoms with Gasteiger partial charge in [-0.15, -0.1) is 0 Å². The highest BCUT2D eigenvalue weighted by Gasteiger charge is 2.31. The van der Waals surface area contributed by atoms with Crippen molar-refractivity contribution in [3.8, 4) is 0 Å². The first kappa shape index (κ1) is 19.4. The van der Waals surface area contributed by atoms with Gasteiger partial charge in [-0.05, 0) is 55.8 Å². The predicted octanol–water partition coefficient (Wildman–Crippen LogP) is 3.33. The third kappa shape index (κ3) is 4.47. The van der Waals surface area contributed by atoms with Crippen molar-refractivity contribution in [3.05, 3.63) is 35.4 Å². The lowest BCUT2D eigenvalue weighted by Crippen LogP contribution is -2.48. The summed E-state index contributed by atoms with van der Waals surface area (Å²) in [5.41, 5.74) is 2.81. The number of benzene rings is 1. The van der Waals surface area contributed by atoms with Gasteiger partial charge in [0.05, 0.1) is 12.6 Å². The quantitative estimate of drug-likeness (QED) is 0.898. The molecule has 26 heavy (non-hydrogen) atoms. The molecule has 2 unspecified atom stereocenters. The molecule has 1 aromatic carbocycles. The summed E-state index contributed by atoms with van der Waals surface area (Å²) in [6, 6.07) is 9.71. The zero-order chi connectivity index (χ0) is 18.7. The van der Waals surface area contributed by atoms with E-state index >= 15 is 0 Å². The van der Waals surface area contributed by atoms with E-state index in [9.17, 15) is 4.79 Å². The summed E-state index contributed by atoms with van der Waals surface area (Å²) in [4.78, 5) is 17.4. The number of nitrogens with one attached hydrogen (secondary N) is 1. The minimum atomic E-state index is 0.168. The third-order valence-electron chi connectivity index (χ3n) is 6.01. The van der Waals surface area contributed by atoms with E-state index in [1.165, 1.54) is 24.0 Å². The smallest absolute Gasteiger partial charge is 0.237 e. The highest BCUT2D eigenvalue weighted by molar-refractivity contribution is 5.79. The second kappa shape index (κ2) is 8.10. The molecule has 2 aliphatic heterocycles. The molecule has 4 nitrogen and oxygen atoms in total. The van der Waals surface area contributed by atoms with Gasteiger partial charge in [0.2, 0.25) is 5.91 Å². The van der Waals surface area contributed by atoms with Crippen LogP contribution < -0.4 is 5.32 Å². The minimum Gasteiger partial charge on any atom is -0.335 e. The fourth-order valence-electron chi connectivity index (χ4n) is 4.33. The number of hydrogen-bond acceptors (Lipinski definition) is 3. The van der Waals surface area contributed by atoms with Gasteiger partial charge in [0.15, 0.2) is 0 Å². The molecule has 2 atom stereocenters. The SMILES string of the molecule is CNC1CCCN(CC(=O)N2CCCC2c2ccc(C(C)(C)C)cc2)C1. The van der Waals surface area contributed by atoms with Crippen molar-refractivity contribution >= 4 is 5.91 Å². The van der Waals surface area contributed by atoms with E-state index in [0.717, 1.165) is 32.5 Å². The van der Waals surface area contributed by atoms with Gasteiger partial charge in [-0.25, -0.2) is 0 Å². The number of likely N-dealkylation sites (tertiary alicyclic amines) is 2. The summed E-state index contributed by atoms with van der Waals surface area (Å²) in [6.07, 6.45) is 4.58. The molecule has 4 heteroatoms. The number of rotatable bonds is 4. The molecule has 3 rings (SSSR count). The summed E-state index contributed by atoms with van der Waals surface area (Å²) in [5, 5.41) is 3.36. The first-order chi connectivity index (χ1) is 12.4. The van der Waals surface area contributed by atoms with Gasteiger partial charge in [-0.1, -0.05) is 45.0 Å². The van der Waals surface area contributed by atoms with Gasteiger partial charge in [0.25, 0.3) is 0 Å². The molecule has 0 bridgehead atoms. The molecular formula is C22H35N3O. The lowest BCUT2D eigenvalue weighted by molar-refractivity contribution is -0.133. The van der Waals surface area contributed by atoms with Crippen LogP contribution in [0.25, 0.3) is 0 Å². The Morgan fingerprint density at radius 2 is 1.81 bits per heavy atom. The number of hydrogen-bond donors (Lipinski definition) is 1. The first-order valence-corrected chi connectivity index (χ1v) is 10.2. The van der Waals surface area contributed by atoms with E-state index in [4.69, 9.17) is 0 Å². The maximum absolute atomic E-state index is 13.0. The molecule has 0 saturated carbocycles. The van der Waals surface area contributed by atoms with Crippen molar-refractivity contribution in [2.24, 2.45) is 0 Å². The van der Waals surface area contributed by atoms with Gasteiger partial charge in [-0.2, -0.15) is 0 Å². The molecule has 0 aromatic heterocycles. The summed E-state index contributed by atoms with van der Waals surface area (Å²) >= 11 is 0. The van der Waals surface area contributed by atoms with Crippen molar-refractivity contribution in [2.45, 2.75) is 64.0 Å². The van der Waals surface area contributed by atoms with Crippen molar-refractivity contribution in [3.63, 3.8) is 0 Å². The second-order valence-corrected chi connectivity index (χ2v) is 8.98. The maximum atomic E-state index is 13.0. The van der Waals surface area contributed by atoms with Crippen LogP contribution in [0, 0.1) is 0 Å². The summed E-state index contributed by atoms with van der Waals surface area (Å²) in [6.45, 7) is 10.2. The maximum Gasteiger partial charge on any atom is 0.237 e. The standard InChI is InChI=1S/C22H35N3O/c1-22(2,3)18-11-9-17(10-12-18)20-8-6-14-25(20)21(26)16-24-13-5-7-19(15-24)23-4/h9-12,19-20,23H,5-8,13-16H2,1-4H3. The number of nitrogens with zero attached hydrogens (tertiary/aromatic N) is 2. The molecule has 2 aliphatic rings. The van der Waals surface area contributed by atoms with Crippen molar-refractivity contribution in [1.29, 1.82) is 0 Å². The van der Waals surface area contributed by atoms with E-state index in [-0.39, 0.29) is 11.5 Å². The highest BCUT2D eigenvalue weighted by Crippen LogP contribution is 2.33. The van der Waals surface area contributed by atoms with Crippen LogP contribution in [0.1, 0.15) is 63.6 Å². The molecule has 144 valence electrons. The summed E-state index contributed by atoms with van der Waals surface area (Å²) < 4.78 is 0. The molecule has 0 aliphatic carbocycles. The van der Waals surface area contributed by atoms with Crippen LogP contribution >= 0.6 is 0 Å². The van der Waals surface area contributed by atoms with Gasteiger partial charge in [-0.3, -0.25) is 9.69 Å². The zero-order valence-corrected chi connectivity index (χ0v) is 16.9. The van der Waals surface area contributed by atoms with E-state index in [1.54, 1.807) is 0 Å². The van der Waals surface area contributed by atoms with Crippen LogP contribution in [0.2, 0.25) is 0 Å². The number of carbonyl (C=O) groups is 1. The largest absolute Gasteiger partial charge is 0.335 e. The van der Waals surface area contributed by atoms with E-state index in [1.807, 2.05) is 7.05 Å². The number of likely N-dealkylation sites (N-methyl/N-ethyl adjacent to an activating group) is 1. The lowest BCUT2D eigenvalue weighted by Gasteiger charge is -2.34. The van der Waals surface area contributed by atoms with Gasteiger partial charge >= 0.3 is 0 Å². The summed E-state index contributed by atoms with van der Waals surface area (Å²) in [7, 11) is 2.02. The van der Waals surface area contributed by atoms with Crippen LogP contribution in [0.4, 0.5) is 0 Å². The first-order valence-electron chi connectivity index (χ1n) is 10.2. The van der Waals surface area contributed by atoms with Crippen LogP contribution in [-0.4, -0.2) is 55.0 Å². The second-order valence-electron chi connectivity index (χ2n) is 8.98. The molecule has 1 aromatic rings. The topological polar surface area (TPSA) is 35.6 Å². The molecule has 2 heterocycles. The van der Waals surface area contributed by atoms with Gasteiger partial charge < -0.3 is 10.2 Å². The Balaban J connectivity index is 1.65. The van der Waals surface area contributed by atoms with Crippen molar-refractivity contribution < 1.29 is 4.79 Å². The Kier molecular flexibility index (Phi) is 6.03. The average Bonchev–Trinajstić information content (AvgIpc) is 3.11. The molecule has 0 radical (unpaired) electrons. The molecule has 1 N–H and O–H groups in total.